The second-order valence-electron chi connectivity index (χ2n) is 4.14. The Balaban J connectivity index is 2.27. The molecule has 0 aliphatic heterocycles. The van der Waals surface area contributed by atoms with Gasteiger partial charge >= 0.3 is 0 Å². The highest BCUT2D eigenvalue weighted by Gasteiger charge is 2.02. The van der Waals surface area contributed by atoms with Crippen LogP contribution in [0.3, 0.4) is 0 Å². The second kappa shape index (κ2) is 8.37. The van der Waals surface area contributed by atoms with Crippen molar-refractivity contribution in [2.75, 3.05) is 26.2 Å². The van der Waals surface area contributed by atoms with Gasteiger partial charge in [0.15, 0.2) is 0 Å². The monoisotopic (exact) mass is 255 g/mol. The van der Waals surface area contributed by atoms with E-state index in [1.165, 1.54) is 12.8 Å². The Morgan fingerprint density at radius 2 is 1.59 bits per heavy atom. The van der Waals surface area contributed by atoms with Crippen molar-refractivity contribution in [3.05, 3.63) is 29.3 Å². The van der Waals surface area contributed by atoms with E-state index in [1.807, 2.05) is 24.3 Å². The lowest BCUT2D eigenvalue weighted by Crippen LogP contribution is -2.30. The third kappa shape index (κ3) is 5.94. The Labute approximate surface area is 110 Å². The highest BCUT2D eigenvalue weighted by molar-refractivity contribution is 6.30. The van der Waals surface area contributed by atoms with Crippen LogP contribution in [0.25, 0.3) is 0 Å². The lowest BCUT2D eigenvalue weighted by atomic mass is 10.3. The quantitative estimate of drug-likeness (QED) is 0.700. The fraction of sp³-hybridized carbons (Fsp3) is 0.571. The van der Waals surface area contributed by atoms with Gasteiger partial charge < -0.3 is 4.74 Å². The molecule has 1 rings (SSSR count). The first-order valence-electron chi connectivity index (χ1n) is 6.37. The lowest BCUT2D eigenvalue weighted by molar-refractivity contribution is 0.209. The summed E-state index contributed by atoms with van der Waals surface area (Å²) in [5.41, 5.74) is 0. The average molecular weight is 256 g/mol. The molecule has 0 saturated heterocycles. The lowest BCUT2D eigenvalue weighted by Gasteiger charge is -2.20. The van der Waals surface area contributed by atoms with E-state index in [1.54, 1.807) is 0 Å². The standard InChI is InChI=1S/C14H22ClNO/c1-3-9-16(10-4-2)11-12-17-14-7-5-13(15)6-8-14/h5-8H,3-4,9-12H2,1-2H3. The van der Waals surface area contributed by atoms with Crippen molar-refractivity contribution in [1.29, 1.82) is 0 Å². The summed E-state index contributed by atoms with van der Waals surface area (Å²) in [4.78, 5) is 2.44. The zero-order valence-electron chi connectivity index (χ0n) is 10.8. The molecular formula is C14H22ClNO. The molecule has 0 aliphatic rings. The molecule has 1 aromatic carbocycles. The maximum absolute atomic E-state index is 5.81. The van der Waals surface area contributed by atoms with Crippen LogP contribution in [0.15, 0.2) is 24.3 Å². The molecule has 96 valence electrons. The predicted molar refractivity (Wildman–Crippen MR) is 74.0 cm³/mol. The van der Waals surface area contributed by atoms with Gasteiger partial charge in [-0.3, -0.25) is 4.90 Å². The van der Waals surface area contributed by atoms with Crippen molar-refractivity contribution in [3.63, 3.8) is 0 Å². The molecule has 0 spiro atoms. The molecule has 0 heterocycles. The molecule has 0 radical (unpaired) electrons. The van der Waals surface area contributed by atoms with E-state index in [4.69, 9.17) is 16.3 Å². The number of hydrogen-bond acceptors (Lipinski definition) is 2. The number of nitrogens with zero attached hydrogens (tertiary/aromatic N) is 1. The zero-order chi connectivity index (χ0) is 12.5. The Kier molecular flexibility index (Phi) is 7.06. The largest absolute Gasteiger partial charge is 0.492 e. The molecule has 17 heavy (non-hydrogen) atoms. The number of rotatable bonds is 8. The summed E-state index contributed by atoms with van der Waals surface area (Å²) < 4.78 is 5.68. The van der Waals surface area contributed by atoms with Gasteiger partial charge in [-0.15, -0.1) is 0 Å². The molecule has 0 unspecified atom stereocenters. The van der Waals surface area contributed by atoms with Gasteiger partial charge in [-0.2, -0.15) is 0 Å². The Bertz CT molecular complexity index is 294. The number of benzene rings is 1. The summed E-state index contributed by atoms with van der Waals surface area (Å²) in [6, 6.07) is 7.53. The SMILES string of the molecule is CCCN(CCC)CCOc1ccc(Cl)cc1. The maximum atomic E-state index is 5.81. The molecular weight excluding hydrogens is 234 g/mol. The topological polar surface area (TPSA) is 12.5 Å². The van der Waals surface area contributed by atoms with Gasteiger partial charge in [0.05, 0.1) is 0 Å². The van der Waals surface area contributed by atoms with Gasteiger partial charge in [0.1, 0.15) is 12.4 Å². The van der Waals surface area contributed by atoms with Crippen molar-refractivity contribution in [1.82, 2.24) is 4.90 Å². The second-order valence-corrected chi connectivity index (χ2v) is 4.58. The third-order valence-corrected chi connectivity index (χ3v) is 2.82. The molecule has 0 aliphatic carbocycles. The van der Waals surface area contributed by atoms with Gasteiger partial charge in [-0.05, 0) is 50.2 Å². The summed E-state index contributed by atoms with van der Waals surface area (Å²) >= 11 is 5.81. The molecule has 3 heteroatoms. The van der Waals surface area contributed by atoms with E-state index < -0.39 is 0 Å². The predicted octanol–water partition coefficient (Wildman–Crippen LogP) is 3.84. The molecule has 0 N–H and O–H groups in total. The molecule has 0 fully saturated rings. The Morgan fingerprint density at radius 1 is 1.00 bits per heavy atom. The van der Waals surface area contributed by atoms with Crippen LogP contribution in [0.4, 0.5) is 0 Å². The maximum Gasteiger partial charge on any atom is 0.119 e. The van der Waals surface area contributed by atoms with Gasteiger partial charge in [-0.25, -0.2) is 0 Å². The van der Waals surface area contributed by atoms with Crippen molar-refractivity contribution >= 4 is 11.6 Å². The van der Waals surface area contributed by atoms with Crippen LogP contribution in [-0.4, -0.2) is 31.1 Å². The van der Waals surface area contributed by atoms with Crippen LogP contribution < -0.4 is 4.74 Å². The van der Waals surface area contributed by atoms with Crippen LogP contribution in [0.2, 0.25) is 5.02 Å². The van der Waals surface area contributed by atoms with E-state index in [0.717, 1.165) is 37.0 Å². The Morgan fingerprint density at radius 3 is 2.12 bits per heavy atom. The number of hydrogen-bond donors (Lipinski definition) is 0. The molecule has 0 atom stereocenters. The first kappa shape index (κ1) is 14.3. The summed E-state index contributed by atoms with van der Waals surface area (Å²) in [5.74, 6) is 0.891. The van der Waals surface area contributed by atoms with Gasteiger partial charge in [0.25, 0.3) is 0 Å². The van der Waals surface area contributed by atoms with E-state index in [2.05, 4.69) is 18.7 Å². The van der Waals surface area contributed by atoms with E-state index >= 15 is 0 Å². The molecule has 0 amide bonds. The summed E-state index contributed by atoms with van der Waals surface area (Å²) in [7, 11) is 0. The molecule has 0 aromatic heterocycles. The van der Waals surface area contributed by atoms with Crippen molar-refractivity contribution in [3.8, 4) is 5.75 Å². The third-order valence-electron chi connectivity index (χ3n) is 2.57. The van der Waals surface area contributed by atoms with Crippen LogP contribution in [0.5, 0.6) is 5.75 Å². The minimum absolute atomic E-state index is 0.738. The highest BCUT2D eigenvalue weighted by Crippen LogP contribution is 2.15. The average Bonchev–Trinajstić information content (AvgIpc) is 2.32. The minimum Gasteiger partial charge on any atom is -0.492 e. The smallest absolute Gasteiger partial charge is 0.119 e. The molecule has 2 nitrogen and oxygen atoms in total. The van der Waals surface area contributed by atoms with Gasteiger partial charge in [-0.1, -0.05) is 25.4 Å². The van der Waals surface area contributed by atoms with E-state index in [0.29, 0.717) is 0 Å². The molecule has 1 aromatic rings. The first-order chi connectivity index (χ1) is 8.26. The fourth-order valence-corrected chi connectivity index (χ4v) is 1.92. The van der Waals surface area contributed by atoms with Crippen LogP contribution in [0, 0.1) is 0 Å². The number of halogens is 1. The van der Waals surface area contributed by atoms with Crippen molar-refractivity contribution in [2.24, 2.45) is 0 Å². The van der Waals surface area contributed by atoms with E-state index in [9.17, 15) is 0 Å². The van der Waals surface area contributed by atoms with Crippen molar-refractivity contribution < 1.29 is 4.74 Å². The van der Waals surface area contributed by atoms with Gasteiger partial charge in [0, 0.05) is 11.6 Å². The Hall–Kier alpha value is -0.730. The summed E-state index contributed by atoms with van der Waals surface area (Å²) in [6.07, 6.45) is 2.39. The first-order valence-corrected chi connectivity index (χ1v) is 6.74. The van der Waals surface area contributed by atoms with Crippen LogP contribution in [0.1, 0.15) is 26.7 Å². The summed E-state index contributed by atoms with van der Waals surface area (Å²) in [5, 5.41) is 0.746. The highest BCUT2D eigenvalue weighted by atomic mass is 35.5. The summed E-state index contributed by atoms with van der Waals surface area (Å²) in [6.45, 7) is 8.45. The fourth-order valence-electron chi connectivity index (χ4n) is 1.79. The van der Waals surface area contributed by atoms with Crippen LogP contribution >= 0.6 is 11.6 Å². The van der Waals surface area contributed by atoms with Crippen molar-refractivity contribution in [2.45, 2.75) is 26.7 Å². The van der Waals surface area contributed by atoms with E-state index in [-0.39, 0.29) is 0 Å². The van der Waals surface area contributed by atoms with Gasteiger partial charge in [0.2, 0.25) is 0 Å². The molecule has 0 bridgehead atoms. The van der Waals surface area contributed by atoms with Crippen LogP contribution in [-0.2, 0) is 0 Å². The minimum atomic E-state index is 0.738. The zero-order valence-corrected chi connectivity index (χ0v) is 11.5. The number of ether oxygens (including phenoxy) is 1. The molecule has 0 saturated carbocycles. The normalized spacial score (nSPS) is 10.8.